The van der Waals surface area contributed by atoms with Crippen LogP contribution in [0.4, 0.5) is 0 Å². The van der Waals surface area contributed by atoms with E-state index in [4.69, 9.17) is 0 Å². The average molecular weight is 268 g/mol. The average Bonchev–Trinajstić information content (AvgIpc) is 2.71. The van der Waals surface area contributed by atoms with Crippen LogP contribution >= 0.6 is 0 Å². The van der Waals surface area contributed by atoms with Crippen LogP contribution in [0.1, 0.15) is 52.9 Å². The van der Waals surface area contributed by atoms with E-state index in [-0.39, 0.29) is 0 Å². The zero-order chi connectivity index (χ0) is 13.9. The summed E-state index contributed by atoms with van der Waals surface area (Å²) in [4.78, 5) is 2.48. The third-order valence-electron chi connectivity index (χ3n) is 5.16. The summed E-state index contributed by atoms with van der Waals surface area (Å²) < 4.78 is 0. The molecule has 1 saturated carbocycles. The third kappa shape index (κ3) is 4.17. The first-order valence-corrected chi connectivity index (χ1v) is 8.22. The lowest BCUT2D eigenvalue weighted by Gasteiger charge is -2.38. The number of hydrogen-bond acceptors (Lipinski definition) is 3. The van der Waals surface area contributed by atoms with Crippen LogP contribution in [0.15, 0.2) is 0 Å². The molecule has 0 amide bonds. The molecule has 1 heterocycles. The Morgan fingerprint density at radius 2 is 2.11 bits per heavy atom. The molecule has 0 aromatic heterocycles. The quantitative estimate of drug-likeness (QED) is 0.803. The Balaban J connectivity index is 1.90. The molecule has 0 aromatic carbocycles. The third-order valence-corrected chi connectivity index (χ3v) is 5.16. The second-order valence-corrected chi connectivity index (χ2v) is 6.99. The van der Waals surface area contributed by atoms with E-state index in [1.165, 1.54) is 32.2 Å². The van der Waals surface area contributed by atoms with Gasteiger partial charge < -0.3 is 15.3 Å². The number of rotatable bonds is 5. The summed E-state index contributed by atoms with van der Waals surface area (Å²) in [6, 6.07) is 0.693. The van der Waals surface area contributed by atoms with Crippen LogP contribution in [-0.4, -0.2) is 47.8 Å². The van der Waals surface area contributed by atoms with Crippen LogP contribution in [0.3, 0.4) is 0 Å². The first-order valence-electron chi connectivity index (χ1n) is 8.22. The van der Waals surface area contributed by atoms with Crippen molar-refractivity contribution in [3.63, 3.8) is 0 Å². The van der Waals surface area contributed by atoms with E-state index in [2.05, 4.69) is 24.1 Å². The van der Waals surface area contributed by atoms with Crippen LogP contribution in [-0.2, 0) is 0 Å². The normalized spacial score (nSPS) is 40.7. The Bertz CT molecular complexity index is 280. The maximum atomic E-state index is 10.1. The first kappa shape index (κ1) is 15.3. The molecule has 3 heteroatoms. The lowest BCUT2D eigenvalue weighted by Crippen LogP contribution is -2.46. The van der Waals surface area contributed by atoms with Gasteiger partial charge in [-0.15, -0.1) is 0 Å². The van der Waals surface area contributed by atoms with Gasteiger partial charge in [0, 0.05) is 25.7 Å². The number of nitrogens with one attached hydrogen (secondary N) is 1. The number of likely N-dealkylation sites (tertiary alicyclic amines) is 1. The highest BCUT2D eigenvalue weighted by atomic mass is 16.3. The fourth-order valence-corrected chi connectivity index (χ4v) is 3.99. The highest BCUT2D eigenvalue weighted by Gasteiger charge is 2.35. The van der Waals surface area contributed by atoms with Crippen molar-refractivity contribution in [3.8, 4) is 0 Å². The van der Waals surface area contributed by atoms with Crippen molar-refractivity contribution in [1.82, 2.24) is 10.2 Å². The SMILES string of the molecule is CCNC1CCC(CC)CC1CN1CCC(C)(O)C1. The van der Waals surface area contributed by atoms with Crippen molar-refractivity contribution >= 4 is 0 Å². The van der Waals surface area contributed by atoms with Crippen molar-refractivity contribution in [2.24, 2.45) is 11.8 Å². The molecule has 0 aromatic rings. The lowest BCUT2D eigenvalue weighted by molar-refractivity contribution is 0.0621. The predicted octanol–water partition coefficient (Wildman–Crippen LogP) is 2.25. The molecule has 0 spiro atoms. The van der Waals surface area contributed by atoms with Gasteiger partial charge >= 0.3 is 0 Å². The monoisotopic (exact) mass is 268 g/mol. The minimum absolute atomic E-state index is 0.452. The minimum Gasteiger partial charge on any atom is -0.389 e. The predicted molar refractivity (Wildman–Crippen MR) is 80.3 cm³/mol. The molecular formula is C16H32N2O. The molecule has 4 atom stereocenters. The molecule has 0 bridgehead atoms. The molecule has 112 valence electrons. The highest BCUT2D eigenvalue weighted by molar-refractivity contribution is 4.91. The molecule has 2 N–H and O–H groups in total. The van der Waals surface area contributed by atoms with Crippen molar-refractivity contribution < 1.29 is 5.11 Å². The van der Waals surface area contributed by atoms with Gasteiger partial charge in [-0.1, -0.05) is 20.3 Å². The Kier molecular flexibility index (Phi) is 5.27. The Labute approximate surface area is 118 Å². The van der Waals surface area contributed by atoms with Gasteiger partial charge in [0.1, 0.15) is 0 Å². The number of β-amino-alcohol motifs (C(OH)–C–C–N with tert-alkyl or cyclic N) is 1. The van der Waals surface area contributed by atoms with Gasteiger partial charge in [-0.2, -0.15) is 0 Å². The second-order valence-electron chi connectivity index (χ2n) is 6.99. The zero-order valence-corrected chi connectivity index (χ0v) is 13.0. The molecule has 19 heavy (non-hydrogen) atoms. The van der Waals surface area contributed by atoms with Crippen LogP contribution in [0.25, 0.3) is 0 Å². The summed E-state index contributed by atoms with van der Waals surface area (Å²) >= 11 is 0. The Morgan fingerprint density at radius 1 is 1.32 bits per heavy atom. The first-order chi connectivity index (χ1) is 9.04. The fraction of sp³-hybridized carbons (Fsp3) is 1.00. The molecule has 3 nitrogen and oxygen atoms in total. The zero-order valence-electron chi connectivity index (χ0n) is 13.0. The maximum absolute atomic E-state index is 10.1. The van der Waals surface area contributed by atoms with Gasteiger partial charge in [-0.05, 0) is 51.0 Å². The minimum atomic E-state index is -0.452. The fourth-order valence-electron chi connectivity index (χ4n) is 3.99. The Hall–Kier alpha value is -0.120. The van der Waals surface area contributed by atoms with E-state index in [0.29, 0.717) is 6.04 Å². The summed E-state index contributed by atoms with van der Waals surface area (Å²) in [6.45, 7) is 10.7. The van der Waals surface area contributed by atoms with Crippen LogP contribution < -0.4 is 5.32 Å². The van der Waals surface area contributed by atoms with E-state index in [0.717, 1.165) is 37.9 Å². The van der Waals surface area contributed by atoms with Gasteiger partial charge in [0.2, 0.25) is 0 Å². The van der Waals surface area contributed by atoms with Crippen molar-refractivity contribution in [3.05, 3.63) is 0 Å². The van der Waals surface area contributed by atoms with E-state index in [9.17, 15) is 5.11 Å². The van der Waals surface area contributed by atoms with E-state index < -0.39 is 5.60 Å². The summed E-state index contributed by atoms with van der Waals surface area (Å²) in [5.41, 5.74) is -0.452. The topological polar surface area (TPSA) is 35.5 Å². The molecular weight excluding hydrogens is 236 g/mol. The molecule has 1 aliphatic heterocycles. The molecule has 4 unspecified atom stereocenters. The summed E-state index contributed by atoms with van der Waals surface area (Å²) in [6.07, 6.45) is 6.35. The molecule has 2 aliphatic rings. The maximum Gasteiger partial charge on any atom is 0.0758 e. The Morgan fingerprint density at radius 3 is 2.68 bits per heavy atom. The van der Waals surface area contributed by atoms with Crippen molar-refractivity contribution in [2.45, 2.75) is 64.5 Å². The van der Waals surface area contributed by atoms with Gasteiger partial charge in [-0.25, -0.2) is 0 Å². The smallest absolute Gasteiger partial charge is 0.0758 e. The van der Waals surface area contributed by atoms with Gasteiger partial charge in [-0.3, -0.25) is 0 Å². The van der Waals surface area contributed by atoms with Crippen LogP contribution in [0.2, 0.25) is 0 Å². The van der Waals surface area contributed by atoms with Crippen molar-refractivity contribution in [1.29, 1.82) is 0 Å². The van der Waals surface area contributed by atoms with E-state index >= 15 is 0 Å². The second kappa shape index (κ2) is 6.55. The summed E-state index contributed by atoms with van der Waals surface area (Å²) in [7, 11) is 0. The molecule has 0 radical (unpaired) electrons. The van der Waals surface area contributed by atoms with Crippen molar-refractivity contribution in [2.75, 3.05) is 26.2 Å². The summed E-state index contributed by atoms with van der Waals surface area (Å²) in [5, 5.41) is 13.8. The van der Waals surface area contributed by atoms with E-state index in [1.54, 1.807) is 0 Å². The lowest BCUT2D eigenvalue weighted by atomic mass is 9.76. The van der Waals surface area contributed by atoms with Gasteiger partial charge in [0.05, 0.1) is 5.60 Å². The molecule has 2 rings (SSSR count). The molecule has 2 fully saturated rings. The van der Waals surface area contributed by atoms with E-state index in [1.807, 2.05) is 6.92 Å². The molecule has 1 saturated heterocycles. The van der Waals surface area contributed by atoms with Crippen LogP contribution in [0.5, 0.6) is 0 Å². The molecule has 1 aliphatic carbocycles. The summed E-state index contributed by atoms with van der Waals surface area (Å²) in [5.74, 6) is 1.69. The highest BCUT2D eigenvalue weighted by Crippen LogP contribution is 2.33. The number of hydrogen-bond donors (Lipinski definition) is 2. The number of aliphatic hydroxyl groups is 1. The van der Waals surface area contributed by atoms with Crippen LogP contribution in [0, 0.1) is 11.8 Å². The van der Waals surface area contributed by atoms with Gasteiger partial charge in [0.15, 0.2) is 0 Å². The van der Waals surface area contributed by atoms with Gasteiger partial charge in [0.25, 0.3) is 0 Å². The number of nitrogens with zero attached hydrogens (tertiary/aromatic N) is 1. The largest absolute Gasteiger partial charge is 0.389 e. The standard InChI is InChI=1S/C16H32N2O/c1-4-13-6-7-15(17-5-2)14(10-13)11-18-9-8-16(3,19)12-18/h13-15,17,19H,4-12H2,1-3H3.